The van der Waals surface area contributed by atoms with Crippen molar-refractivity contribution in [3.8, 4) is 0 Å². The van der Waals surface area contributed by atoms with Gasteiger partial charge in [-0.3, -0.25) is 0 Å². The number of nitrogens with zero attached hydrogens (tertiary/aromatic N) is 1. The van der Waals surface area contributed by atoms with Crippen LogP contribution in [-0.4, -0.2) is 10.4 Å². The second-order valence-electron chi connectivity index (χ2n) is 3.11. The lowest BCUT2D eigenvalue weighted by molar-refractivity contribution is 0.866. The second-order valence-corrected chi connectivity index (χ2v) is 3.11. The average molecular weight is 254 g/mol. The summed E-state index contributed by atoms with van der Waals surface area (Å²) in [5.41, 5.74) is 2.73. The first-order valence-corrected chi connectivity index (χ1v) is 6.32. The zero-order chi connectivity index (χ0) is 10.6. The Labute approximate surface area is 93.9 Å². The van der Waals surface area contributed by atoms with Gasteiger partial charge in [0.2, 0.25) is 0 Å². The summed E-state index contributed by atoms with van der Waals surface area (Å²) in [6, 6.07) is 10.8. The molecule has 0 bridgehead atoms. The van der Waals surface area contributed by atoms with Gasteiger partial charge in [-0.25, -0.2) is 0 Å². The number of hydrogen-bond acceptors (Lipinski definition) is 0. The van der Waals surface area contributed by atoms with E-state index >= 15 is 0 Å². The van der Waals surface area contributed by atoms with Crippen LogP contribution in [-0.2, 0) is 13.5 Å². The number of alkyl halides is 1. The molecule has 0 aliphatic heterocycles. The molecule has 1 aromatic carbocycles. The molecular weight excluding hydrogens is 238 g/mol. The van der Waals surface area contributed by atoms with Crippen molar-refractivity contribution < 1.29 is 0 Å². The van der Waals surface area contributed by atoms with Crippen molar-refractivity contribution in [1.82, 2.24) is 4.57 Å². The first-order chi connectivity index (χ1) is 6.83. The van der Waals surface area contributed by atoms with Gasteiger partial charge >= 0.3 is 0 Å². The van der Waals surface area contributed by atoms with Crippen LogP contribution in [0.4, 0.5) is 0 Å². The largest absolute Gasteiger partial charge is 0.348 e. The Morgan fingerprint density at radius 3 is 2.43 bits per heavy atom. The van der Waals surface area contributed by atoms with Crippen LogP contribution in [0, 0.1) is 0 Å². The monoisotopic (exact) mass is 253 g/mol. The Bertz CT molecular complexity index is 404. The highest BCUT2D eigenvalue weighted by molar-refractivity contribution is 9.08. The Morgan fingerprint density at radius 1 is 1.21 bits per heavy atom. The van der Waals surface area contributed by atoms with Crippen LogP contribution in [0.1, 0.15) is 12.6 Å². The van der Waals surface area contributed by atoms with Crippen molar-refractivity contribution in [3.63, 3.8) is 0 Å². The van der Waals surface area contributed by atoms with Crippen molar-refractivity contribution in [2.45, 2.75) is 13.3 Å². The maximum Gasteiger partial charge on any atom is 0.0479 e. The van der Waals surface area contributed by atoms with Gasteiger partial charge in [0.1, 0.15) is 0 Å². The van der Waals surface area contributed by atoms with Crippen LogP contribution in [0.25, 0.3) is 10.9 Å². The summed E-state index contributed by atoms with van der Waals surface area (Å²) in [5, 5.41) is 1.34. The Balaban J connectivity index is 0.000000461. The van der Waals surface area contributed by atoms with Crippen molar-refractivity contribution in [1.29, 1.82) is 0 Å². The molecule has 2 rings (SSSR count). The maximum absolute atomic E-state index is 2.94. The highest BCUT2D eigenvalue weighted by atomic mass is 79.9. The molecule has 76 valence electrons. The third-order valence-corrected chi connectivity index (χ3v) is 2.41. The van der Waals surface area contributed by atoms with E-state index in [1.165, 1.54) is 16.6 Å². The van der Waals surface area contributed by atoms with Crippen LogP contribution in [0.5, 0.6) is 0 Å². The van der Waals surface area contributed by atoms with Gasteiger partial charge in [-0.15, -0.1) is 0 Å². The molecule has 0 aliphatic rings. The molecule has 14 heavy (non-hydrogen) atoms. The number of fused-ring (bicyclic) bond motifs is 1. The Hall–Kier alpha value is -0.760. The fraction of sp³-hybridized carbons (Fsp3) is 0.333. The number of halogens is 1. The van der Waals surface area contributed by atoms with Crippen LogP contribution in [0.2, 0.25) is 0 Å². The summed E-state index contributed by atoms with van der Waals surface area (Å²) in [4.78, 5) is 0. The summed E-state index contributed by atoms with van der Waals surface area (Å²) >= 11 is 2.94. The van der Waals surface area contributed by atoms with Crippen molar-refractivity contribution in [2.75, 3.05) is 5.83 Å². The number of aryl methyl sites for hydroxylation is 2. The lowest BCUT2D eigenvalue weighted by Crippen LogP contribution is -1.92. The molecule has 0 fully saturated rings. The molecule has 0 saturated heterocycles. The van der Waals surface area contributed by atoms with E-state index in [1.807, 2.05) is 5.83 Å². The third-order valence-electron chi connectivity index (χ3n) is 2.41. The molecule has 1 heterocycles. The number of rotatable bonds is 1. The lowest BCUT2D eigenvalue weighted by Gasteiger charge is -1.99. The smallest absolute Gasteiger partial charge is 0.0479 e. The van der Waals surface area contributed by atoms with Gasteiger partial charge in [0.25, 0.3) is 0 Å². The lowest BCUT2D eigenvalue weighted by atomic mass is 10.2. The summed E-state index contributed by atoms with van der Waals surface area (Å²) in [7, 11) is 2.13. The predicted octanol–water partition coefficient (Wildman–Crippen LogP) is 3.75. The maximum atomic E-state index is 2.94. The zero-order valence-corrected chi connectivity index (χ0v) is 10.5. The molecule has 1 aromatic heterocycles. The van der Waals surface area contributed by atoms with Gasteiger partial charge in [0.15, 0.2) is 0 Å². The Morgan fingerprint density at radius 2 is 1.86 bits per heavy atom. The molecule has 2 heteroatoms. The molecule has 0 N–H and O–H groups in total. The number of aromatic nitrogens is 1. The molecule has 1 nitrogen and oxygen atoms in total. The fourth-order valence-electron chi connectivity index (χ4n) is 1.69. The van der Waals surface area contributed by atoms with E-state index in [0.717, 1.165) is 6.42 Å². The summed E-state index contributed by atoms with van der Waals surface area (Å²) in [6.45, 7) is 2.19. The van der Waals surface area contributed by atoms with Gasteiger partial charge in [-0.1, -0.05) is 41.1 Å². The van der Waals surface area contributed by atoms with Gasteiger partial charge in [0.05, 0.1) is 0 Å². The van der Waals surface area contributed by atoms with Crippen LogP contribution in [0.15, 0.2) is 30.3 Å². The van der Waals surface area contributed by atoms with E-state index in [2.05, 4.69) is 64.8 Å². The molecule has 0 aliphatic carbocycles. The molecular formula is C12H16BrN. The van der Waals surface area contributed by atoms with E-state index < -0.39 is 0 Å². The second kappa shape index (κ2) is 5.20. The van der Waals surface area contributed by atoms with Crippen molar-refractivity contribution in [2.24, 2.45) is 7.05 Å². The minimum Gasteiger partial charge on any atom is -0.348 e. The van der Waals surface area contributed by atoms with Gasteiger partial charge in [-0.05, 0) is 29.8 Å². The summed E-state index contributed by atoms with van der Waals surface area (Å²) < 4.78 is 2.26. The summed E-state index contributed by atoms with van der Waals surface area (Å²) in [5.74, 6) is 1.81. The van der Waals surface area contributed by atoms with E-state index in [1.54, 1.807) is 0 Å². The Kier molecular flexibility index (Phi) is 4.21. The van der Waals surface area contributed by atoms with Crippen molar-refractivity contribution in [3.05, 3.63) is 36.0 Å². The number of para-hydroxylation sites is 1. The third kappa shape index (κ3) is 2.01. The molecule has 2 aromatic rings. The molecule has 0 saturated carbocycles. The number of hydrogen-bond donors (Lipinski definition) is 0. The van der Waals surface area contributed by atoms with Crippen LogP contribution in [0.3, 0.4) is 0 Å². The SMILES string of the molecule is CBr.CCc1cc2ccccc2n1C. The first kappa shape index (κ1) is 11.3. The molecule has 0 amide bonds. The standard InChI is InChI=1S/C11H13N.CH3Br/c1-3-10-8-9-6-4-5-7-11(9)12(10)2;1-2/h4-8H,3H2,1-2H3;1H3. The van der Waals surface area contributed by atoms with Crippen LogP contribution < -0.4 is 0 Å². The predicted molar refractivity (Wildman–Crippen MR) is 67.1 cm³/mol. The quantitative estimate of drug-likeness (QED) is 0.683. The van der Waals surface area contributed by atoms with Crippen LogP contribution >= 0.6 is 15.9 Å². The molecule has 0 unspecified atom stereocenters. The van der Waals surface area contributed by atoms with E-state index in [0.29, 0.717) is 0 Å². The molecule has 0 spiro atoms. The van der Waals surface area contributed by atoms with Gasteiger partial charge in [-0.2, -0.15) is 0 Å². The average Bonchev–Trinajstić information content (AvgIpc) is 2.59. The molecule has 0 radical (unpaired) electrons. The first-order valence-electron chi connectivity index (χ1n) is 4.74. The zero-order valence-electron chi connectivity index (χ0n) is 8.92. The van der Waals surface area contributed by atoms with E-state index in [9.17, 15) is 0 Å². The van der Waals surface area contributed by atoms with Crippen molar-refractivity contribution >= 4 is 26.8 Å². The van der Waals surface area contributed by atoms with E-state index in [4.69, 9.17) is 0 Å². The highest BCUT2D eigenvalue weighted by Crippen LogP contribution is 2.18. The highest BCUT2D eigenvalue weighted by Gasteiger charge is 2.01. The minimum absolute atomic E-state index is 1.10. The minimum atomic E-state index is 1.10. The number of benzene rings is 1. The molecule has 0 atom stereocenters. The topological polar surface area (TPSA) is 4.93 Å². The van der Waals surface area contributed by atoms with E-state index in [-0.39, 0.29) is 0 Å². The fourth-order valence-corrected chi connectivity index (χ4v) is 1.69. The van der Waals surface area contributed by atoms with Gasteiger partial charge in [0, 0.05) is 18.3 Å². The normalized spacial score (nSPS) is 9.71. The summed E-state index contributed by atoms with van der Waals surface area (Å²) in [6.07, 6.45) is 1.10. The van der Waals surface area contributed by atoms with Gasteiger partial charge < -0.3 is 4.57 Å².